The Hall–Kier alpha value is -2.45. The minimum absolute atomic E-state index is 0.216. The number of primary amides is 1. The van der Waals surface area contributed by atoms with Crippen LogP contribution in [0.15, 0.2) is 29.6 Å². The van der Waals surface area contributed by atoms with Crippen LogP contribution in [-0.2, 0) is 0 Å². The van der Waals surface area contributed by atoms with E-state index in [9.17, 15) is 14.7 Å². The molecule has 1 aliphatic rings. The molecule has 0 aliphatic carbocycles. The van der Waals surface area contributed by atoms with E-state index in [2.05, 4.69) is 10.3 Å². The number of nitrogens with two attached hydrogens (primary N) is 1. The zero-order valence-corrected chi connectivity index (χ0v) is 13.0. The highest BCUT2D eigenvalue weighted by Gasteiger charge is 2.26. The van der Waals surface area contributed by atoms with Gasteiger partial charge in [-0.1, -0.05) is 6.07 Å². The first kappa shape index (κ1) is 15.4. The molecule has 3 rings (SSSR count). The van der Waals surface area contributed by atoms with Crippen LogP contribution in [0.4, 0.5) is 10.8 Å². The third-order valence-corrected chi connectivity index (χ3v) is 4.42. The SMILES string of the molecule is NC(=O)c1ccsc1Nc1cccc(C(=O)N2CCC(O)C2)n1. The number of thiophene rings is 1. The van der Waals surface area contributed by atoms with Gasteiger partial charge >= 0.3 is 0 Å². The zero-order valence-electron chi connectivity index (χ0n) is 12.2. The number of rotatable bonds is 4. The van der Waals surface area contributed by atoms with E-state index in [1.54, 1.807) is 34.5 Å². The van der Waals surface area contributed by atoms with Gasteiger partial charge in [-0.15, -0.1) is 11.3 Å². The summed E-state index contributed by atoms with van der Waals surface area (Å²) in [7, 11) is 0. The Balaban J connectivity index is 1.78. The van der Waals surface area contributed by atoms with Crippen molar-refractivity contribution >= 4 is 34.0 Å². The number of hydrogen-bond acceptors (Lipinski definition) is 6. The van der Waals surface area contributed by atoms with E-state index in [4.69, 9.17) is 5.73 Å². The summed E-state index contributed by atoms with van der Waals surface area (Å²) in [4.78, 5) is 29.6. The molecule has 0 spiro atoms. The standard InChI is InChI=1S/C15H16N4O3S/c16-13(21)10-5-7-23-14(10)18-12-3-1-2-11(17-12)15(22)19-6-4-9(20)8-19/h1-3,5,7,9,20H,4,6,8H2,(H2,16,21)(H,17,18). The Morgan fingerprint density at radius 2 is 2.22 bits per heavy atom. The molecule has 0 radical (unpaired) electrons. The number of nitrogens with one attached hydrogen (secondary N) is 1. The Bertz CT molecular complexity index is 746. The summed E-state index contributed by atoms with van der Waals surface area (Å²) in [5, 5.41) is 14.9. The summed E-state index contributed by atoms with van der Waals surface area (Å²) in [5.41, 5.74) is 5.99. The van der Waals surface area contributed by atoms with E-state index in [-0.39, 0.29) is 5.91 Å². The van der Waals surface area contributed by atoms with Crippen LogP contribution in [0.2, 0.25) is 0 Å². The highest BCUT2D eigenvalue weighted by Crippen LogP contribution is 2.26. The summed E-state index contributed by atoms with van der Waals surface area (Å²) in [6.45, 7) is 0.852. The molecule has 120 valence electrons. The van der Waals surface area contributed by atoms with Crippen molar-refractivity contribution in [2.75, 3.05) is 18.4 Å². The minimum atomic E-state index is -0.521. The van der Waals surface area contributed by atoms with Crippen molar-refractivity contribution in [1.82, 2.24) is 9.88 Å². The van der Waals surface area contributed by atoms with Gasteiger partial charge in [0.25, 0.3) is 11.8 Å². The van der Waals surface area contributed by atoms with Crippen LogP contribution in [0.25, 0.3) is 0 Å². The Labute approximate surface area is 136 Å². The number of aromatic nitrogens is 1. The van der Waals surface area contributed by atoms with Crippen molar-refractivity contribution in [2.45, 2.75) is 12.5 Å². The highest BCUT2D eigenvalue weighted by atomic mass is 32.1. The summed E-state index contributed by atoms with van der Waals surface area (Å²) in [6.07, 6.45) is 0.116. The van der Waals surface area contributed by atoms with Crippen LogP contribution < -0.4 is 11.1 Å². The molecule has 2 amide bonds. The Morgan fingerprint density at radius 3 is 2.91 bits per heavy atom. The topological polar surface area (TPSA) is 109 Å². The Kier molecular flexibility index (Phi) is 4.26. The van der Waals surface area contributed by atoms with Gasteiger partial charge in [-0.2, -0.15) is 0 Å². The molecule has 7 nitrogen and oxygen atoms in total. The van der Waals surface area contributed by atoms with Gasteiger partial charge in [-0.25, -0.2) is 4.98 Å². The molecular formula is C15H16N4O3S. The molecule has 0 bridgehead atoms. The molecule has 23 heavy (non-hydrogen) atoms. The lowest BCUT2D eigenvalue weighted by atomic mass is 10.3. The maximum absolute atomic E-state index is 12.4. The molecule has 8 heteroatoms. The van der Waals surface area contributed by atoms with Gasteiger partial charge in [-0.05, 0) is 30.0 Å². The fourth-order valence-corrected chi connectivity index (χ4v) is 3.23. The number of hydrogen-bond donors (Lipinski definition) is 3. The van der Waals surface area contributed by atoms with Gasteiger partial charge in [0, 0.05) is 13.1 Å². The number of anilines is 2. The number of aliphatic hydroxyl groups excluding tert-OH is 1. The first-order valence-electron chi connectivity index (χ1n) is 7.13. The molecule has 2 aromatic rings. The van der Waals surface area contributed by atoms with E-state index in [0.29, 0.717) is 41.6 Å². The van der Waals surface area contributed by atoms with Crippen molar-refractivity contribution in [3.8, 4) is 0 Å². The number of amides is 2. The molecular weight excluding hydrogens is 316 g/mol. The number of aliphatic hydroxyl groups is 1. The fraction of sp³-hybridized carbons (Fsp3) is 0.267. The third kappa shape index (κ3) is 3.33. The number of nitrogens with zero attached hydrogens (tertiary/aromatic N) is 2. The van der Waals surface area contributed by atoms with Crippen LogP contribution in [0.1, 0.15) is 27.3 Å². The highest BCUT2D eigenvalue weighted by molar-refractivity contribution is 7.14. The van der Waals surface area contributed by atoms with Gasteiger partial charge in [0.15, 0.2) is 0 Å². The third-order valence-electron chi connectivity index (χ3n) is 3.59. The first-order chi connectivity index (χ1) is 11.0. The average molecular weight is 332 g/mol. The molecule has 1 fully saturated rings. The van der Waals surface area contributed by atoms with Crippen LogP contribution >= 0.6 is 11.3 Å². The maximum atomic E-state index is 12.4. The second-order valence-corrected chi connectivity index (χ2v) is 6.17. The van der Waals surface area contributed by atoms with Gasteiger partial charge in [0.05, 0.1) is 11.7 Å². The van der Waals surface area contributed by atoms with Crippen molar-refractivity contribution in [1.29, 1.82) is 0 Å². The number of likely N-dealkylation sites (tertiary alicyclic amines) is 1. The van der Waals surface area contributed by atoms with E-state index in [1.807, 2.05) is 0 Å². The lowest BCUT2D eigenvalue weighted by molar-refractivity contribution is 0.0759. The Morgan fingerprint density at radius 1 is 1.39 bits per heavy atom. The zero-order chi connectivity index (χ0) is 16.4. The van der Waals surface area contributed by atoms with Crippen LogP contribution in [0, 0.1) is 0 Å². The fourth-order valence-electron chi connectivity index (χ4n) is 2.43. The lowest BCUT2D eigenvalue weighted by Crippen LogP contribution is -2.30. The maximum Gasteiger partial charge on any atom is 0.272 e. The van der Waals surface area contributed by atoms with Crippen molar-refractivity contribution in [3.05, 3.63) is 40.9 Å². The van der Waals surface area contributed by atoms with Gasteiger partial charge in [0.2, 0.25) is 0 Å². The second-order valence-electron chi connectivity index (χ2n) is 5.25. The van der Waals surface area contributed by atoms with Crippen molar-refractivity contribution in [3.63, 3.8) is 0 Å². The van der Waals surface area contributed by atoms with Crippen LogP contribution in [-0.4, -0.2) is 46.0 Å². The quantitative estimate of drug-likeness (QED) is 0.779. The van der Waals surface area contributed by atoms with Crippen molar-refractivity contribution in [2.24, 2.45) is 5.73 Å². The summed E-state index contributed by atoms with van der Waals surface area (Å²) in [6, 6.07) is 6.68. The lowest BCUT2D eigenvalue weighted by Gasteiger charge is -2.15. The van der Waals surface area contributed by atoms with Crippen molar-refractivity contribution < 1.29 is 14.7 Å². The summed E-state index contributed by atoms with van der Waals surface area (Å²) >= 11 is 1.33. The molecule has 4 N–H and O–H groups in total. The number of carbonyl (C=O) groups is 2. The van der Waals surface area contributed by atoms with Crippen LogP contribution in [0.3, 0.4) is 0 Å². The molecule has 1 atom stereocenters. The number of pyridine rings is 1. The summed E-state index contributed by atoms with van der Waals surface area (Å²) in [5.74, 6) is -0.279. The van der Waals surface area contributed by atoms with E-state index in [0.717, 1.165) is 0 Å². The first-order valence-corrected chi connectivity index (χ1v) is 8.01. The van der Waals surface area contributed by atoms with Crippen LogP contribution in [0.5, 0.6) is 0 Å². The molecule has 2 aromatic heterocycles. The van der Waals surface area contributed by atoms with Gasteiger partial charge < -0.3 is 21.1 Å². The molecule has 0 saturated carbocycles. The van der Waals surface area contributed by atoms with E-state index in [1.165, 1.54) is 11.3 Å². The largest absolute Gasteiger partial charge is 0.391 e. The number of β-amino-alcohol motifs (C(OH)–C–C–N with tert-alkyl or cyclic N) is 1. The predicted molar refractivity (Wildman–Crippen MR) is 86.9 cm³/mol. The normalized spacial score (nSPS) is 17.3. The second kappa shape index (κ2) is 6.35. The van der Waals surface area contributed by atoms with E-state index >= 15 is 0 Å². The van der Waals surface area contributed by atoms with Gasteiger partial charge in [-0.3, -0.25) is 9.59 Å². The molecule has 1 aliphatic heterocycles. The average Bonchev–Trinajstić information content (AvgIpc) is 3.16. The predicted octanol–water partition coefficient (Wildman–Crippen LogP) is 1.19. The molecule has 0 aromatic carbocycles. The smallest absolute Gasteiger partial charge is 0.272 e. The molecule has 1 saturated heterocycles. The molecule has 3 heterocycles. The molecule has 1 unspecified atom stereocenters. The minimum Gasteiger partial charge on any atom is -0.391 e. The van der Waals surface area contributed by atoms with Gasteiger partial charge in [0.1, 0.15) is 16.5 Å². The van der Waals surface area contributed by atoms with E-state index < -0.39 is 12.0 Å². The summed E-state index contributed by atoms with van der Waals surface area (Å²) < 4.78 is 0. The number of carbonyl (C=O) groups excluding carboxylic acids is 2. The monoisotopic (exact) mass is 332 g/mol.